The molecule has 106 valence electrons. The van der Waals surface area contributed by atoms with Crippen LogP contribution in [0.4, 0.5) is 13.2 Å². The van der Waals surface area contributed by atoms with Crippen molar-refractivity contribution in [1.82, 2.24) is 0 Å². The Bertz CT molecular complexity index is 519. The lowest BCUT2D eigenvalue weighted by atomic mass is 9.75. The summed E-state index contributed by atoms with van der Waals surface area (Å²) in [4.78, 5) is 0. The van der Waals surface area contributed by atoms with E-state index < -0.39 is 18.5 Å². The van der Waals surface area contributed by atoms with Crippen molar-refractivity contribution in [2.75, 3.05) is 6.67 Å². The van der Waals surface area contributed by atoms with E-state index in [0.29, 0.717) is 0 Å². The van der Waals surface area contributed by atoms with Gasteiger partial charge in [0.1, 0.15) is 23.6 Å². The van der Waals surface area contributed by atoms with E-state index in [1.165, 1.54) is 48.5 Å². The Morgan fingerprint density at radius 1 is 0.800 bits per heavy atom. The van der Waals surface area contributed by atoms with Gasteiger partial charge in [0.2, 0.25) is 0 Å². The van der Waals surface area contributed by atoms with E-state index in [1.807, 2.05) is 0 Å². The van der Waals surface area contributed by atoms with E-state index >= 15 is 0 Å². The number of hydrogen-bond acceptors (Lipinski definition) is 2. The molecule has 0 bridgehead atoms. The van der Waals surface area contributed by atoms with Crippen molar-refractivity contribution >= 4 is 0 Å². The molecular weight excluding hydrogens is 269 g/mol. The van der Waals surface area contributed by atoms with Gasteiger partial charge in [-0.1, -0.05) is 24.3 Å². The zero-order valence-corrected chi connectivity index (χ0v) is 10.4. The van der Waals surface area contributed by atoms with Gasteiger partial charge in [-0.3, -0.25) is 0 Å². The molecule has 5 heteroatoms. The van der Waals surface area contributed by atoms with E-state index in [1.54, 1.807) is 0 Å². The quantitative estimate of drug-likeness (QED) is 0.899. The SMILES string of the molecule is Oc1ccc(C(CF)(c2ccc(O)cc2)C(F)F)cc1. The number of aromatic hydroxyl groups is 2. The first-order chi connectivity index (χ1) is 9.50. The minimum Gasteiger partial charge on any atom is -0.508 e. The fourth-order valence-electron chi connectivity index (χ4n) is 2.15. The first-order valence-electron chi connectivity index (χ1n) is 5.94. The molecule has 0 aliphatic carbocycles. The van der Waals surface area contributed by atoms with E-state index in [-0.39, 0.29) is 22.6 Å². The molecule has 0 spiro atoms. The zero-order chi connectivity index (χ0) is 14.8. The molecule has 2 N–H and O–H groups in total. The molecule has 0 atom stereocenters. The minimum absolute atomic E-state index is 0.0680. The predicted molar refractivity (Wildman–Crippen MR) is 69.0 cm³/mol. The lowest BCUT2D eigenvalue weighted by Crippen LogP contribution is -2.38. The van der Waals surface area contributed by atoms with Crippen molar-refractivity contribution in [3.63, 3.8) is 0 Å². The lowest BCUT2D eigenvalue weighted by molar-refractivity contribution is 0.0561. The molecule has 0 aliphatic heterocycles. The van der Waals surface area contributed by atoms with Crippen molar-refractivity contribution in [3.05, 3.63) is 59.7 Å². The summed E-state index contributed by atoms with van der Waals surface area (Å²) in [7, 11) is 0. The first-order valence-corrected chi connectivity index (χ1v) is 5.94. The smallest absolute Gasteiger partial charge is 0.254 e. The fraction of sp³-hybridized carbons (Fsp3) is 0.200. The number of benzene rings is 2. The van der Waals surface area contributed by atoms with Crippen LogP contribution in [0, 0.1) is 0 Å². The van der Waals surface area contributed by atoms with Crippen molar-refractivity contribution in [2.45, 2.75) is 11.8 Å². The van der Waals surface area contributed by atoms with Crippen LogP contribution in [0.5, 0.6) is 11.5 Å². The van der Waals surface area contributed by atoms with Gasteiger partial charge in [-0.05, 0) is 35.4 Å². The number of alkyl halides is 3. The van der Waals surface area contributed by atoms with Gasteiger partial charge in [-0.2, -0.15) is 0 Å². The van der Waals surface area contributed by atoms with Crippen LogP contribution in [0.15, 0.2) is 48.5 Å². The number of rotatable bonds is 4. The van der Waals surface area contributed by atoms with Crippen molar-refractivity contribution < 1.29 is 23.4 Å². The largest absolute Gasteiger partial charge is 0.508 e. The van der Waals surface area contributed by atoms with Gasteiger partial charge in [0.25, 0.3) is 6.43 Å². The summed E-state index contributed by atoms with van der Waals surface area (Å²) in [5, 5.41) is 18.5. The summed E-state index contributed by atoms with van der Waals surface area (Å²) in [5.41, 5.74) is -1.97. The van der Waals surface area contributed by atoms with E-state index in [0.717, 1.165) is 0 Å². The van der Waals surface area contributed by atoms with Crippen molar-refractivity contribution in [3.8, 4) is 11.5 Å². The van der Waals surface area contributed by atoms with Gasteiger partial charge in [0.05, 0.1) is 0 Å². The highest BCUT2D eigenvalue weighted by Gasteiger charge is 2.44. The highest BCUT2D eigenvalue weighted by Crippen LogP contribution is 2.39. The Morgan fingerprint density at radius 3 is 1.40 bits per heavy atom. The summed E-state index contributed by atoms with van der Waals surface area (Å²) in [6, 6.07) is 10.0. The third-order valence-electron chi connectivity index (χ3n) is 3.35. The van der Waals surface area contributed by atoms with Crippen molar-refractivity contribution in [1.29, 1.82) is 0 Å². The topological polar surface area (TPSA) is 40.5 Å². The molecule has 20 heavy (non-hydrogen) atoms. The van der Waals surface area contributed by atoms with Gasteiger partial charge in [0.15, 0.2) is 0 Å². The van der Waals surface area contributed by atoms with Crippen LogP contribution in [0.3, 0.4) is 0 Å². The van der Waals surface area contributed by atoms with Crippen LogP contribution in [-0.4, -0.2) is 23.3 Å². The molecule has 0 amide bonds. The average Bonchev–Trinajstić information content (AvgIpc) is 2.43. The summed E-state index contributed by atoms with van der Waals surface area (Å²) < 4.78 is 40.7. The Kier molecular flexibility index (Phi) is 3.88. The molecule has 0 fully saturated rings. The molecular formula is C15H13F3O2. The van der Waals surface area contributed by atoms with E-state index in [2.05, 4.69) is 0 Å². The second-order valence-electron chi connectivity index (χ2n) is 4.50. The van der Waals surface area contributed by atoms with Gasteiger partial charge in [0, 0.05) is 0 Å². The standard InChI is InChI=1S/C15H13F3O2/c16-9-15(14(17)18,10-1-5-12(19)6-2-10)11-3-7-13(20)8-4-11/h1-8,14,19-20H,9H2. The Labute approximate surface area is 114 Å². The Morgan fingerprint density at radius 2 is 1.15 bits per heavy atom. The van der Waals surface area contributed by atoms with E-state index in [9.17, 15) is 23.4 Å². The van der Waals surface area contributed by atoms with Crippen LogP contribution in [0.1, 0.15) is 11.1 Å². The minimum atomic E-state index is -2.97. The van der Waals surface area contributed by atoms with Gasteiger partial charge in [-0.15, -0.1) is 0 Å². The molecule has 2 aromatic carbocycles. The van der Waals surface area contributed by atoms with Crippen LogP contribution < -0.4 is 0 Å². The molecule has 0 heterocycles. The summed E-state index contributed by atoms with van der Waals surface area (Å²) >= 11 is 0. The number of hydrogen-bond donors (Lipinski definition) is 2. The third kappa shape index (κ3) is 2.31. The fourth-order valence-corrected chi connectivity index (χ4v) is 2.15. The molecule has 2 rings (SSSR count). The van der Waals surface area contributed by atoms with Crippen LogP contribution in [0.25, 0.3) is 0 Å². The first kappa shape index (κ1) is 14.2. The number of phenolic OH excluding ortho intramolecular Hbond substituents is 2. The summed E-state index contributed by atoms with van der Waals surface area (Å²) in [5.74, 6) is -0.164. The predicted octanol–water partition coefficient (Wildman–Crippen LogP) is 3.62. The van der Waals surface area contributed by atoms with Gasteiger partial charge < -0.3 is 10.2 Å². The maximum atomic E-state index is 13.6. The zero-order valence-electron chi connectivity index (χ0n) is 10.4. The molecule has 0 saturated carbocycles. The molecule has 0 aliphatic rings. The van der Waals surface area contributed by atoms with Crippen LogP contribution >= 0.6 is 0 Å². The average molecular weight is 282 g/mol. The Balaban J connectivity index is 2.61. The highest BCUT2D eigenvalue weighted by molar-refractivity contribution is 5.44. The maximum absolute atomic E-state index is 13.6. The number of halogens is 3. The molecule has 2 nitrogen and oxygen atoms in total. The Hall–Kier alpha value is -2.17. The second-order valence-corrected chi connectivity index (χ2v) is 4.50. The monoisotopic (exact) mass is 282 g/mol. The summed E-state index contributed by atoms with van der Waals surface area (Å²) in [6.07, 6.45) is -2.97. The van der Waals surface area contributed by atoms with Crippen molar-refractivity contribution in [2.24, 2.45) is 0 Å². The maximum Gasteiger partial charge on any atom is 0.254 e. The second kappa shape index (κ2) is 5.45. The molecule has 2 aromatic rings. The van der Waals surface area contributed by atoms with Gasteiger partial charge in [-0.25, -0.2) is 13.2 Å². The molecule has 0 aromatic heterocycles. The molecule has 0 radical (unpaired) electrons. The highest BCUT2D eigenvalue weighted by atomic mass is 19.3. The normalized spacial score (nSPS) is 11.8. The van der Waals surface area contributed by atoms with E-state index in [4.69, 9.17) is 0 Å². The lowest BCUT2D eigenvalue weighted by Gasteiger charge is -2.31. The molecule has 0 unspecified atom stereocenters. The van der Waals surface area contributed by atoms with Crippen LogP contribution in [-0.2, 0) is 5.41 Å². The van der Waals surface area contributed by atoms with Crippen LogP contribution in [0.2, 0.25) is 0 Å². The number of phenols is 2. The third-order valence-corrected chi connectivity index (χ3v) is 3.35. The molecule has 0 saturated heterocycles. The van der Waals surface area contributed by atoms with Gasteiger partial charge >= 0.3 is 0 Å². The summed E-state index contributed by atoms with van der Waals surface area (Å²) in [6.45, 7) is -1.29.